The summed E-state index contributed by atoms with van der Waals surface area (Å²) < 4.78 is 0. The summed E-state index contributed by atoms with van der Waals surface area (Å²) in [5, 5.41) is 6.37. The van der Waals surface area contributed by atoms with Gasteiger partial charge in [0.05, 0.1) is 0 Å². The molecule has 0 aromatic rings. The topological polar surface area (TPSA) is 41.1 Å². The Bertz CT molecular complexity index is 238. The molecule has 2 N–H and O–H groups in total. The minimum atomic E-state index is 0.154. The monoisotopic (exact) mass is 224 g/mol. The van der Waals surface area contributed by atoms with Crippen LogP contribution in [0.5, 0.6) is 0 Å². The number of carbonyl (C=O) groups is 1. The van der Waals surface area contributed by atoms with Crippen LogP contribution < -0.4 is 10.6 Å². The SMILES string of the molecule is CCC(C)NC(=O)CCNC1C=CCCC1. The standard InChI is InChI=1S/C13H24N2O/c1-3-11(2)15-13(16)9-10-14-12-7-5-4-6-8-12/h5,7,11-12,14H,3-4,6,8-10H2,1-2H3,(H,15,16). The summed E-state index contributed by atoms with van der Waals surface area (Å²) in [7, 11) is 0. The van der Waals surface area contributed by atoms with Gasteiger partial charge in [-0.05, 0) is 32.6 Å². The predicted octanol–water partition coefficient (Wildman–Crippen LogP) is 1.99. The van der Waals surface area contributed by atoms with Crippen molar-refractivity contribution in [3.63, 3.8) is 0 Å². The minimum Gasteiger partial charge on any atom is -0.354 e. The Morgan fingerprint density at radius 2 is 2.38 bits per heavy atom. The summed E-state index contributed by atoms with van der Waals surface area (Å²) in [5.41, 5.74) is 0. The van der Waals surface area contributed by atoms with Crippen molar-refractivity contribution in [2.24, 2.45) is 0 Å². The van der Waals surface area contributed by atoms with E-state index in [9.17, 15) is 4.79 Å². The van der Waals surface area contributed by atoms with Gasteiger partial charge in [-0.2, -0.15) is 0 Å². The molecule has 0 bridgehead atoms. The lowest BCUT2D eigenvalue weighted by atomic mass is 10.0. The number of allylic oxidation sites excluding steroid dienone is 1. The Morgan fingerprint density at radius 1 is 1.56 bits per heavy atom. The summed E-state index contributed by atoms with van der Waals surface area (Å²) in [6.07, 6.45) is 9.67. The Hall–Kier alpha value is -0.830. The summed E-state index contributed by atoms with van der Waals surface area (Å²) in [6, 6.07) is 0.771. The average Bonchev–Trinajstić information content (AvgIpc) is 2.30. The van der Waals surface area contributed by atoms with Crippen LogP contribution in [0.3, 0.4) is 0 Å². The molecule has 2 atom stereocenters. The highest BCUT2D eigenvalue weighted by Gasteiger charge is 2.09. The van der Waals surface area contributed by atoms with Crippen molar-refractivity contribution in [3.05, 3.63) is 12.2 Å². The molecule has 0 fully saturated rings. The van der Waals surface area contributed by atoms with Crippen LogP contribution in [0.2, 0.25) is 0 Å². The van der Waals surface area contributed by atoms with E-state index in [0.29, 0.717) is 18.5 Å². The quantitative estimate of drug-likeness (QED) is 0.677. The highest BCUT2D eigenvalue weighted by Crippen LogP contribution is 2.09. The van der Waals surface area contributed by atoms with Crippen molar-refractivity contribution in [2.75, 3.05) is 6.54 Å². The van der Waals surface area contributed by atoms with Crippen molar-refractivity contribution in [1.29, 1.82) is 0 Å². The van der Waals surface area contributed by atoms with E-state index in [-0.39, 0.29) is 5.91 Å². The van der Waals surface area contributed by atoms with E-state index in [1.165, 1.54) is 19.3 Å². The molecule has 0 radical (unpaired) electrons. The molecule has 3 heteroatoms. The predicted molar refractivity (Wildman–Crippen MR) is 67.3 cm³/mol. The first-order chi connectivity index (χ1) is 7.72. The number of amides is 1. The molecule has 2 unspecified atom stereocenters. The summed E-state index contributed by atoms with van der Waals surface area (Å²) in [4.78, 5) is 11.5. The van der Waals surface area contributed by atoms with E-state index >= 15 is 0 Å². The van der Waals surface area contributed by atoms with Crippen molar-refractivity contribution in [1.82, 2.24) is 10.6 Å². The van der Waals surface area contributed by atoms with Gasteiger partial charge in [0.15, 0.2) is 0 Å². The fourth-order valence-electron chi connectivity index (χ4n) is 1.80. The van der Waals surface area contributed by atoms with Gasteiger partial charge >= 0.3 is 0 Å². The van der Waals surface area contributed by atoms with Crippen LogP contribution in [0, 0.1) is 0 Å². The molecule has 0 heterocycles. The maximum absolute atomic E-state index is 11.5. The van der Waals surface area contributed by atoms with E-state index < -0.39 is 0 Å². The number of nitrogens with one attached hydrogen (secondary N) is 2. The number of rotatable bonds is 6. The number of hydrogen-bond acceptors (Lipinski definition) is 2. The zero-order valence-electron chi connectivity index (χ0n) is 10.5. The van der Waals surface area contributed by atoms with E-state index in [2.05, 4.69) is 29.7 Å². The highest BCUT2D eigenvalue weighted by atomic mass is 16.1. The van der Waals surface area contributed by atoms with Crippen LogP contribution in [0.1, 0.15) is 46.0 Å². The molecule has 0 saturated heterocycles. The van der Waals surface area contributed by atoms with Gasteiger partial charge in [0.2, 0.25) is 5.91 Å². The van der Waals surface area contributed by atoms with Gasteiger partial charge in [-0.25, -0.2) is 0 Å². The van der Waals surface area contributed by atoms with E-state index in [1.807, 2.05) is 6.92 Å². The van der Waals surface area contributed by atoms with Crippen LogP contribution in [-0.2, 0) is 4.79 Å². The third kappa shape index (κ3) is 5.31. The normalized spacial score (nSPS) is 21.8. The molecule has 0 saturated carbocycles. The summed E-state index contributed by atoms with van der Waals surface area (Å²) >= 11 is 0. The van der Waals surface area contributed by atoms with E-state index in [1.54, 1.807) is 0 Å². The first-order valence-corrected chi connectivity index (χ1v) is 6.41. The smallest absolute Gasteiger partial charge is 0.221 e. The van der Waals surface area contributed by atoms with Crippen LogP contribution in [0.25, 0.3) is 0 Å². The van der Waals surface area contributed by atoms with Crippen molar-refractivity contribution >= 4 is 5.91 Å². The summed E-state index contributed by atoms with van der Waals surface area (Å²) in [5.74, 6) is 0.154. The molecule has 1 rings (SSSR count). The van der Waals surface area contributed by atoms with Crippen LogP contribution >= 0.6 is 0 Å². The van der Waals surface area contributed by atoms with Gasteiger partial charge in [0.25, 0.3) is 0 Å². The molecule has 3 nitrogen and oxygen atoms in total. The second kappa shape index (κ2) is 7.44. The molecule has 16 heavy (non-hydrogen) atoms. The third-order valence-electron chi connectivity index (χ3n) is 3.03. The van der Waals surface area contributed by atoms with Gasteiger partial charge in [0.1, 0.15) is 0 Å². The molecule has 0 aromatic carbocycles. The van der Waals surface area contributed by atoms with Crippen LogP contribution in [0.15, 0.2) is 12.2 Å². The highest BCUT2D eigenvalue weighted by molar-refractivity contribution is 5.76. The maximum atomic E-state index is 11.5. The molecule has 1 aliphatic rings. The first-order valence-electron chi connectivity index (χ1n) is 6.41. The minimum absolute atomic E-state index is 0.154. The summed E-state index contributed by atoms with van der Waals surface area (Å²) in [6.45, 7) is 4.89. The molecule has 1 amide bonds. The van der Waals surface area contributed by atoms with Crippen molar-refractivity contribution in [3.8, 4) is 0 Å². The largest absolute Gasteiger partial charge is 0.354 e. The van der Waals surface area contributed by atoms with E-state index in [4.69, 9.17) is 0 Å². The molecule has 1 aliphatic carbocycles. The van der Waals surface area contributed by atoms with Crippen molar-refractivity contribution in [2.45, 2.75) is 58.0 Å². The number of hydrogen-bond donors (Lipinski definition) is 2. The second-order valence-electron chi connectivity index (χ2n) is 4.55. The van der Waals surface area contributed by atoms with Gasteiger partial charge in [-0.3, -0.25) is 4.79 Å². The van der Waals surface area contributed by atoms with Crippen LogP contribution in [0.4, 0.5) is 0 Å². The van der Waals surface area contributed by atoms with Crippen molar-refractivity contribution < 1.29 is 4.79 Å². The fraction of sp³-hybridized carbons (Fsp3) is 0.769. The molecule has 0 aromatic heterocycles. The third-order valence-corrected chi connectivity index (χ3v) is 3.03. The molecule has 92 valence electrons. The molecule has 0 aliphatic heterocycles. The van der Waals surface area contributed by atoms with Crippen LogP contribution in [-0.4, -0.2) is 24.5 Å². The Balaban J connectivity index is 2.08. The molecular weight excluding hydrogens is 200 g/mol. The lowest BCUT2D eigenvalue weighted by Gasteiger charge is -2.18. The Kier molecular flexibility index (Phi) is 6.16. The fourth-order valence-corrected chi connectivity index (χ4v) is 1.80. The molecular formula is C13H24N2O. The van der Waals surface area contributed by atoms with Gasteiger partial charge in [-0.1, -0.05) is 19.1 Å². The van der Waals surface area contributed by atoms with E-state index in [0.717, 1.165) is 13.0 Å². The average molecular weight is 224 g/mol. The molecule has 0 spiro atoms. The Morgan fingerprint density at radius 3 is 3.00 bits per heavy atom. The maximum Gasteiger partial charge on any atom is 0.221 e. The Labute approximate surface area is 98.7 Å². The van der Waals surface area contributed by atoms with Gasteiger partial charge < -0.3 is 10.6 Å². The lowest BCUT2D eigenvalue weighted by molar-refractivity contribution is -0.121. The first kappa shape index (κ1) is 13.2. The lowest BCUT2D eigenvalue weighted by Crippen LogP contribution is -2.36. The zero-order valence-corrected chi connectivity index (χ0v) is 10.5. The zero-order chi connectivity index (χ0) is 11.8. The second-order valence-corrected chi connectivity index (χ2v) is 4.55. The van der Waals surface area contributed by atoms with Gasteiger partial charge in [-0.15, -0.1) is 0 Å². The number of carbonyl (C=O) groups excluding carboxylic acids is 1. The van der Waals surface area contributed by atoms with Gasteiger partial charge in [0, 0.05) is 25.0 Å².